The predicted molar refractivity (Wildman–Crippen MR) is 110 cm³/mol. The molecule has 6 heteroatoms. The van der Waals surface area contributed by atoms with Gasteiger partial charge in [-0.2, -0.15) is 0 Å². The number of carbonyl (C=O) groups excluding carboxylic acids is 1. The summed E-state index contributed by atoms with van der Waals surface area (Å²) in [6.07, 6.45) is 5.93. The van der Waals surface area contributed by atoms with Gasteiger partial charge in [-0.05, 0) is 75.4 Å². The highest BCUT2D eigenvalue weighted by Gasteiger charge is 2.32. The first-order chi connectivity index (χ1) is 13.4. The summed E-state index contributed by atoms with van der Waals surface area (Å²) < 4.78 is 46.6. The molecule has 0 aromatic heterocycles. The minimum atomic E-state index is -4.72. The number of halogens is 3. The van der Waals surface area contributed by atoms with E-state index < -0.39 is 6.36 Å². The zero-order valence-corrected chi connectivity index (χ0v) is 17.6. The zero-order chi connectivity index (χ0) is 22.2. The van der Waals surface area contributed by atoms with Crippen LogP contribution >= 0.6 is 0 Å². The maximum absolute atomic E-state index is 12.5. The average Bonchev–Trinajstić information content (AvgIpc) is 2.58. The van der Waals surface area contributed by atoms with Crippen LogP contribution < -0.4 is 4.74 Å². The number of allylic oxidation sites excluding steroid dienone is 6. The summed E-state index contributed by atoms with van der Waals surface area (Å²) in [5, 5.41) is 0. The molecule has 0 radical (unpaired) electrons. The molecule has 158 valence electrons. The topological polar surface area (TPSA) is 35.5 Å². The maximum atomic E-state index is 12.5. The van der Waals surface area contributed by atoms with Gasteiger partial charge in [-0.25, -0.2) is 4.79 Å². The number of ether oxygens (including phenoxy) is 2. The van der Waals surface area contributed by atoms with Crippen molar-refractivity contribution in [2.24, 2.45) is 0 Å². The van der Waals surface area contributed by atoms with E-state index in [4.69, 9.17) is 4.74 Å². The van der Waals surface area contributed by atoms with Gasteiger partial charge >= 0.3 is 12.3 Å². The van der Waals surface area contributed by atoms with E-state index in [0.717, 1.165) is 22.3 Å². The Morgan fingerprint density at radius 1 is 1.07 bits per heavy atom. The Labute approximate surface area is 170 Å². The molecule has 0 saturated carbocycles. The van der Waals surface area contributed by atoms with E-state index in [0.29, 0.717) is 17.7 Å². The normalized spacial score (nSPS) is 13.4. The summed E-state index contributed by atoms with van der Waals surface area (Å²) in [5.74, 6) is -0.557. The number of hydrogen-bond acceptors (Lipinski definition) is 3. The molecule has 29 heavy (non-hydrogen) atoms. The van der Waals surface area contributed by atoms with Crippen LogP contribution in [0.1, 0.15) is 43.0 Å². The van der Waals surface area contributed by atoms with Gasteiger partial charge in [-0.1, -0.05) is 36.0 Å². The summed E-state index contributed by atoms with van der Waals surface area (Å²) in [4.78, 5) is 11.4. The van der Waals surface area contributed by atoms with Crippen LogP contribution in [0, 0.1) is 20.8 Å². The summed E-state index contributed by atoms with van der Waals surface area (Å²) >= 11 is 0. The highest BCUT2D eigenvalue weighted by molar-refractivity contribution is 5.83. The Balaban J connectivity index is 2.97. The quantitative estimate of drug-likeness (QED) is 0.292. The van der Waals surface area contributed by atoms with Crippen LogP contribution in [0.5, 0.6) is 5.75 Å². The lowest BCUT2D eigenvalue weighted by molar-refractivity contribution is -0.274. The molecule has 0 atom stereocenters. The van der Waals surface area contributed by atoms with Crippen LogP contribution in [0.3, 0.4) is 0 Å². The van der Waals surface area contributed by atoms with Gasteiger partial charge in [0.1, 0.15) is 5.75 Å². The van der Waals surface area contributed by atoms with Crippen LogP contribution in [0.15, 0.2) is 47.6 Å². The number of benzene rings is 1. The second-order valence-corrected chi connectivity index (χ2v) is 6.65. The van der Waals surface area contributed by atoms with Crippen molar-refractivity contribution in [3.63, 3.8) is 0 Å². The number of esters is 1. The lowest BCUT2D eigenvalue weighted by atomic mass is 9.96. The molecule has 0 heterocycles. The molecular formula is C23H27F3O3. The van der Waals surface area contributed by atoms with Crippen molar-refractivity contribution in [3.05, 3.63) is 69.8 Å². The molecule has 1 aromatic carbocycles. The third-order valence-corrected chi connectivity index (χ3v) is 4.20. The molecule has 3 nitrogen and oxygen atoms in total. The molecule has 0 N–H and O–H groups in total. The van der Waals surface area contributed by atoms with Crippen molar-refractivity contribution in [3.8, 4) is 5.75 Å². The van der Waals surface area contributed by atoms with E-state index in [2.05, 4.69) is 4.74 Å². The second kappa shape index (κ2) is 10.7. The van der Waals surface area contributed by atoms with Crippen molar-refractivity contribution in [2.45, 2.75) is 47.9 Å². The van der Waals surface area contributed by atoms with Gasteiger partial charge in [0.2, 0.25) is 0 Å². The fourth-order valence-corrected chi connectivity index (χ4v) is 2.59. The molecule has 1 aromatic rings. The van der Waals surface area contributed by atoms with E-state index in [1.165, 1.54) is 12.1 Å². The van der Waals surface area contributed by atoms with Gasteiger partial charge in [-0.3, -0.25) is 0 Å². The largest absolute Gasteiger partial charge is 0.573 e. The fourth-order valence-electron chi connectivity index (χ4n) is 2.59. The number of rotatable bonds is 7. The van der Waals surface area contributed by atoms with Crippen LogP contribution in [-0.4, -0.2) is 18.9 Å². The van der Waals surface area contributed by atoms with E-state index in [-0.39, 0.29) is 11.7 Å². The Kier molecular flexibility index (Phi) is 8.95. The van der Waals surface area contributed by atoms with Crippen molar-refractivity contribution in [1.29, 1.82) is 0 Å². The zero-order valence-electron chi connectivity index (χ0n) is 17.6. The third-order valence-electron chi connectivity index (χ3n) is 4.20. The lowest BCUT2D eigenvalue weighted by Gasteiger charge is -2.16. The molecule has 0 amide bonds. The smallest absolute Gasteiger partial charge is 0.463 e. The molecule has 1 rings (SSSR count). The predicted octanol–water partition coefficient (Wildman–Crippen LogP) is 6.54. The van der Waals surface area contributed by atoms with Crippen LogP contribution in [0.2, 0.25) is 0 Å². The van der Waals surface area contributed by atoms with Crippen LogP contribution in [0.4, 0.5) is 13.2 Å². The molecule has 0 fully saturated rings. The molecule has 0 spiro atoms. The standard InChI is InChI=1S/C23H27F3O3/c1-7-28-22(27)13-16(3)10-8-9-15(2)11-12-20-17(4)14-21(19(6)18(20)5)29-23(24,25)26/h8-14H,7H2,1-6H3/b10-8+,12-11+,15-9+,16-13-. The van der Waals surface area contributed by atoms with Crippen molar-refractivity contribution >= 4 is 12.0 Å². The van der Waals surface area contributed by atoms with Crippen LogP contribution in [0.25, 0.3) is 6.08 Å². The van der Waals surface area contributed by atoms with E-state index in [9.17, 15) is 18.0 Å². The van der Waals surface area contributed by atoms with Crippen molar-refractivity contribution in [1.82, 2.24) is 0 Å². The Morgan fingerprint density at radius 2 is 1.72 bits per heavy atom. The van der Waals surface area contributed by atoms with Crippen molar-refractivity contribution in [2.75, 3.05) is 6.61 Å². The van der Waals surface area contributed by atoms with Gasteiger partial charge in [-0.15, -0.1) is 13.2 Å². The summed E-state index contributed by atoms with van der Waals surface area (Å²) in [6, 6.07) is 1.40. The summed E-state index contributed by atoms with van der Waals surface area (Å²) in [6.45, 7) is 10.9. The lowest BCUT2D eigenvalue weighted by Crippen LogP contribution is -2.18. The highest BCUT2D eigenvalue weighted by atomic mass is 19.4. The fraction of sp³-hybridized carbons (Fsp3) is 0.348. The second-order valence-electron chi connectivity index (χ2n) is 6.65. The molecule has 0 saturated heterocycles. The molecular weight excluding hydrogens is 381 g/mol. The monoisotopic (exact) mass is 408 g/mol. The van der Waals surface area contributed by atoms with E-state index >= 15 is 0 Å². The first-order valence-corrected chi connectivity index (χ1v) is 9.19. The van der Waals surface area contributed by atoms with Gasteiger partial charge in [0.05, 0.1) is 6.61 Å². The number of alkyl halides is 3. The van der Waals surface area contributed by atoms with Gasteiger partial charge in [0.15, 0.2) is 0 Å². The Bertz CT molecular complexity index is 857. The first kappa shape index (κ1) is 24.3. The summed E-state index contributed by atoms with van der Waals surface area (Å²) in [5.41, 5.74) is 4.44. The Hall–Kier alpha value is -2.76. The molecule has 0 aliphatic carbocycles. The van der Waals surface area contributed by atoms with Gasteiger partial charge in [0, 0.05) is 6.08 Å². The SMILES string of the molecule is CCOC(=O)\C=C(C)/C=C/C=C(C)/C=C/c1c(C)cc(OC(F)(F)F)c(C)c1C. The third kappa shape index (κ3) is 8.42. The number of hydrogen-bond donors (Lipinski definition) is 0. The van der Waals surface area contributed by atoms with E-state index in [1.807, 2.05) is 31.2 Å². The van der Waals surface area contributed by atoms with Gasteiger partial charge < -0.3 is 9.47 Å². The number of aryl methyl sites for hydroxylation is 1. The molecule has 0 bridgehead atoms. The Morgan fingerprint density at radius 3 is 2.31 bits per heavy atom. The average molecular weight is 408 g/mol. The minimum Gasteiger partial charge on any atom is -0.463 e. The first-order valence-electron chi connectivity index (χ1n) is 9.19. The molecule has 0 aliphatic rings. The van der Waals surface area contributed by atoms with E-state index in [1.54, 1.807) is 40.7 Å². The van der Waals surface area contributed by atoms with Gasteiger partial charge in [0.25, 0.3) is 0 Å². The molecule has 0 unspecified atom stereocenters. The maximum Gasteiger partial charge on any atom is 0.573 e. The number of carbonyl (C=O) groups is 1. The molecule has 0 aliphatic heterocycles. The van der Waals surface area contributed by atoms with Crippen LogP contribution in [-0.2, 0) is 9.53 Å². The minimum absolute atomic E-state index is 0.177. The summed E-state index contributed by atoms with van der Waals surface area (Å²) in [7, 11) is 0. The highest BCUT2D eigenvalue weighted by Crippen LogP contribution is 2.32. The van der Waals surface area contributed by atoms with Crippen molar-refractivity contribution < 1.29 is 27.4 Å².